The lowest BCUT2D eigenvalue weighted by molar-refractivity contribution is -0.144. The molecule has 0 aliphatic heterocycles. The fraction of sp³-hybridized carbons (Fsp3) is 0.529. The fourth-order valence-corrected chi connectivity index (χ4v) is 4.80. The summed E-state index contributed by atoms with van der Waals surface area (Å²) in [5.41, 5.74) is 2.56. The molecule has 0 saturated heterocycles. The van der Waals surface area contributed by atoms with Gasteiger partial charge in [-0.25, -0.2) is 4.79 Å². The molecule has 43 heavy (non-hydrogen) atoms. The summed E-state index contributed by atoms with van der Waals surface area (Å²) in [6.07, 6.45) is 4.18. The highest BCUT2D eigenvalue weighted by Gasteiger charge is 2.37. The summed E-state index contributed by atoms with van der Waals surface area (Å²) in [6.45, 7) is 11.2. The summed E-state index contributed by atoms with van der Waals surface area (Å²) < 4.78 is 10.2. The standard InChI is InChI=1S/C34H49N3O6/c1-8-9-10-11-15-21-37(30(31(39)35-23-29(38)42-7)27-20-16-17-24(2)25(27)3)32(40)28(22-26-18-13-12-14-19-26)36-33(41)43-34(4,5)6/h12-14,16-20,28,30H,8-11,15,21-23H2,1-7H3,(H,35,39)(H,36,41). The topological polar surface area (TPSA) is 114 Å². The zero-order valence-corrected chi connectivity index (χ0v) is 26.8. The largest absolute Gasteiger partial charge is 0.468 e. The Bertz CT molecular complexity index is 1210. The van der Waals surface area contributed by atoms with Gasteiger partial charge < -0.3 is 25.0 Å². The van der Waals surface area contributed by atoms with Crippen molar-refractivity contribution in [3.05, 3.63) is 70.8 Å². The van der Waals surface area contributed by atoms with Crippen molar-refractivity contribution in [2.24, 2.45) is 0 Å². The Kier molecular flexibility index (Phi) is 14.2. The van der Waals surface area contributed by atoms with Crippen LogP contribution in [0.25, 0.3) is 0 Å². The third-order valence-electron chi connectivity index (χ3n) is 7.19. The van der Waals surface area contributed by atoms with Crippen molar-refractivity contribution in [1.29, 1.82) is 0 Å². The van der Waals surface area contributed by atoms with Crippen LogP contribution < -0.4 is 10.6 Å². The first-order chi connectivity index (χ1) is 20.4. The summed E-state index contributed by atoms with van der Waals surface area (Å²) in [5, 5.41) is 5.45. The maximum atomic E-state index is 14.6. The average Bonchev–Trinajstić information content (AvgIpc) is 2.95. The Labute approximate surface area is 256 Å². The van der Waals surface area contributed by atoms with Crippen molar-refractivity contribution in [3.63, 3.8) is 0 Å². The predicted molar refractivity (Wildman–Crippen MR) is 167 cm³/mol. The Balaban J connectivity index is 2.59. The minimum Gasteiger partial charge on any atom is -0.468 e. The van der Waals surface area contributed by atoms with E-state index in [4.69, 9.17) is 9.47 Å². The molecule has 2 unspecified atom stereocenters. The molecule has 2 N–H and O–H groups in total. The quantitative estimate of drug-likeness (QED) is 0.206. The van der Waals surface area contributed by atoms with Crippen LogP contribution in [-0.2, 0) is 30.3 Å². The van der Waals surface area contributed by atoms with Gasteiger partial charge >= 0.3 is 12.1 Å². The van der Waals surface area contributed by atoms with Gasteiger partial charge in [-0.15, -0.1) is 0 Å². The first-order valence-corrected chi connectivity index (χ1v) is 15.1. The van der Waals surface area contributed by atoms with Gasteiger partial charge in [0.2, 0.25) is 11.8 Å². The first-order valence-electron chi connectivity index (χ1n) is 15.1. The minimum absolute atomic E-state index is 0.203. The monoisotopic (exact) mass is 595 g/mol. The molecule has 3 amide bonds. The fourth-order valence-electron chi connectivity index (χ4n) is 4.80. The predicted octanol–water partition coefficient (Wildman–Crippen LogP) is 5.57. The highest BCUT2D eigenvalue weighted by atomic mass is 16.6. The van der Waals surface area contributed by atoms with Gasteiger partial charge in [-0.3, -0.25) is 14.4 Å². The maximum Gasteiger partial charge on any atom is 0.408 e. The second-order valence-electron chi connectivity index (χ2n) is 11.8. The molecule has 0 spiro atoms. The van der Waals surface area contributed by atoms with Crippen LogP contribution in [-0.4, -0.2) is 60.6 Å². The lowest BCUT2D eigenvalue weighted by Gasteiger charge is -2.35. The van der Waals surface area contributed by atoms with E-state index in [1.54, 1.807) is 25.7 Å². The van der Waals surface area contributed by atoms with Gasteiger partial charge in [0, 0.05) is 13.0 Å². The van der Waals surface area contributed by atoms with Gasteiger partial charge in [0.1, 0.15) is 24.2 Å². The summed E-state index contributed by atoms with van der Waals surface area (Å²) in [7, 11) is 1.25. The van der Waals surface area contributed by atoms with Gasteiger partial charge in [-0.05, 0) is 63.3 Å². The summed E-state index contributed by atoms with van der Waals surface area (Å²) in [4.78, 5) is 54.9. The van der Waals surface area contributed by atoms with Crippen molar-refractivity contribution in [2.45, 2.75) is 97.8 Å². The molecular weight excluding hydrogens is 546 g/mol. The van der Waals surface area contributed by atoms with Crippen LogP contribution >= 0.6 is 0 Å². The van der Waals surface area contributed by atoms with Gasteiger partial charge in [0.25, 0.3) is 0 Å². The van der Waals surface area contributed by atoms with Crippen LogP contribution in [0.4, 0.5) is 4.79 Å². The third-order valence-corrected chi connectivity index (χ3v) is 7.19. The summed E-state index contributed by atoms with van der Waals surface area (Å²) in [6, 6.07) is 13.0. The number of rotatable bonds is 15. The number of benzene rings is 2. The first kappa shape index (κ1) is 35.3. The van der Waals surface area contributed by atoms with Crippen LogP contribution in [0.15, 0.2) is 48.5 Å². The number of carbonyl (C=O) groups excluding carboxylic acids is 4. The number of carbonyl (C=O) groups is 4. The number of methoxy groups -OCH3 is 1. The molecule has 2 aromatic rings. The molecule has 0 aliphatic carbocycles. The SMILES string of the molecule is CCCCCCCN(C(=O)C(Cc1ccccc1)NC(=O)OC(C)(C)C)C(C(=O)NCC(=O)OC)c1cccc(C)c1C. The number of amides is 3. The highest BCUT2D eigenvalue weighted by molar-refractivity contribution is 5.93. The Hall–Kier alpha value is -3.88. The van der Waals surface area contributed by atoms with Gasteiger partial charge in [0.15, 0.2) is 0 Å². The molecule has 0 fully saturated rings. The van der Waals surface area contributed by atoms with E-state index in [1.807, 2.05) is 62.4 Å². The van der Waals surface area contributed by atoms with Crippen molar-refractivity contribution in [2.75, 3.05) is 20.2 Å². The molecule has 236 valence electrons. The van der Waals surface area contributed by atoms with Crippen LogP contribution in [0.5, 0.6) is 0 Å². The van der Waals surface area contributed by atoms with Crippen molar-refractivity contribution in [3.8, 4) is 0 Å². The van der Waals surface area contributed by atoms with Crippen LogP contribution in [0.1, 0.15) is 88.1 Å². The molecule has 0 aromatic heterocycles. The molecule has 0 bridgehead atoms. The average molecular weight is 596 g/mol. The maximum absolute atomic E-state index is 14.6. The Morgan fingerprint density at radius 1 is 0.907 bits per heavy atom. The number of unbranched alkanes of at least 4 members (excludes halogenated alkanes) is 4. The van der Waals surface area contributed by atoms with E-state index in [0.717, 1.165) is 42.4 Å². The molecule has 0 radical (unpaired) electrons. The Morgan fingerprint density at radius 2 is 1.58 bits per heavy atom. The number of nitrogens with one attached hydrogen (secondary N) is 2. The smallest absolute Gasteiger partial charge is 0.408 e. The highest BCUT2D eigenvalue weighted by Crippen LogP contribution is 2.28. The molecule has 9 nitrogen and oxygen atoms in total. The number of esters is 1. The van der Waals surface area contributed by atoms with Gasteiger partial charge in [0.05, 0.1) is 7.11 Å². The number of hydrogen-bond donors (Lipinski definition) is 2. The van der Waals surface area contributed by atoms with Gasteiger partial charge in [-0.2, -0.15) is 0 Å². The van der Waals surface area contributed by atoms with E-state index in [9.17, 15) is 19.2 Å². The van der Waals surface area contributed by atoms with Crippen LogP contribution in [0, 0.1) is 13.8 Å². The van der Waals surface area contributed by atoms with E-state index in [2.05, 4.69) is 17.6 Å². The Morgan fingerprint density at radius 3 is 2.21 bits per heavy atom. The number of ether oxygens (including phenoxy) is 2. The third kappa shape index (κ3) is 11.7. The number of aryl methyl sites for hydroxylation is 1. The van der Waals surface area contributed by atoms with E-state index < -0.39 is 41.6 Å². The number of nitrogens with zero attached hydrogens (tertiary/aromatic N) is 1. The molecule has 2 atom stereocenters. The zero-order chi connectivity index (χ0) is 32.0. The molecule has 2 aromatic carbocycles. The second-order valence-corrected chi connectivity index (χ2v) is 11.8. The van der Waals surface area contributed by atoms with Crippen LogP contribution in [0.2, 0.25) is 0 Å². The minimum atomic E-state index is -1.04. The normalized spacial score (nSPS) is 12.5. The van der Waals surface area contributed by atoms with E-state index in [1.165, 1.54) is 7.11 Å². The second kappa shape index (κ2) is 17.3. The zero-order valence-electron chi connectivity index (χ0n) is 26.8. The number of alkyl carbamates (subject to hydrolysis) is 1. The summed E-state index contributed by atoms with van der Waals surface area (Å²) in [5.74, 6) is -1.51. The number of hydrogen-bond acceptors (Lipinski definition) is 6. The summed E-state index contributed by atoms with van der Waals surface area (Å²) >= 11 is 0. The van der Waals surface area contributed by atoms with E-state index in [0.29, 0.717) is 12.0 Å². The van der Waals surface area contributed by atoms with E-state index >= 15 is 0 Å². The lowest BCUT2D eigenvalue weighted by atomic mass is 9.94. The van der Waals surface area contributed by atoms with Gasteiger partial charge in [-0.1, -0.05) is 81.1 Å². The molecule has 2 rings (SSSR count). The molecule has 0 aliphatic rings. The van der Waals surface area contributed by atoms with Crippen molar-refractivity contribution in [1.82, 2.24) is 15.5 Å². The molecular formula is C34H49N3O6. The van der Waals surface area contributed by atoms with Crippen molar-refractivity contribution < 1.29 is 28.7 Å². The molecule has 0 saturated carbocycles. The van der Waals surface area contributed by atoms with Crippen molar-refractivity contribution >= 4 is 23.9 Å². The lowest BCUT2D eigenvalue weighted by Crippen LogP contribution is -2.54. The van der Waals surface area contributed by atoms with Crippen LogP contribution in [0.3, 0.4) is 0 Å². The molecule has 9 heteroatoms. The molecule has 0 heterocycles. The van der Waals surface area contributed by atoms with E-state index in [-0.39, 0.29) is 19.5 Å².